The van der Waals surface area contributed by atoms with E-state index in [1.54, 1.807) is 70.3 Å². The Bertz CT molecular complexity index is 1640. The van der Waals surface area contributed by atoms with E-state index in [1.165, 1.54) is 0 Å². The molecule has 0 saturated heterocycles. The van der Waals surface area contributed by atoms with Gasteiger partial charge in [-0.05, 0) is 74.2 Å². The molecular formula is C29H27Cl2N5O3S. The first-order chi connectivity index (χ1) is 19.2. The Kier molecular flexibility index (Phi) is 7.98. The molecule has 2 N–H and O–H groups in total. The van der Waals surface area contributed by atoms with Gasteiger partial charge in [0.15, 0.2) is 0 Å². The Morgan fingerprint density at radius 1 is 1.07 bits per heavy atom. The van der Waals surface area contributed by atoms with Gasteiger partial charge in [0.25, 0.3) is 17.4 Å². The number of hydrogen-bond donors (Lipinski definition) is 2. The van der Waals surface area contributed by atoms with E-state index in [4.69, 9.17) is 28.2 Å². The highest BCUT2D eigenvalue weighted by Crippen LogP contribution is 2.29. The summed E-state index contributed by atoms with van der Waals surface area (Å²) in [5.74, 6) is -0.0736. The zero-order chi connectivity index (χ0) is 28.6. The lowest BCUT2D eigenvalue weighted by molar-refractivity contribution is 0.0653. The number of carbonyl (C=O) groups excluding carboxylic acids is 2. The second kappa shape index (κ2) is 11.4. The van der Waals surface area contributed by atoms with Crippen LogP contribution in [0.1, 0.15) is 56.7 Å². The van der Waals surface area contributed by atoms with Crippen LogP contribution in [0.25, 0.3) is 5.69 Å². The molecule has 5 rings (SSSR count). The third-order valence-corrected chi connectivity index (χ3v) is 8.77. The minimum Gasteiger partial charge on any atom is -0.355 e. The molecular weight excluding hydrogens is 569 g/mol. The van der Waals surface area contributed by atoms with Crippen molar-refractivity contribution in [3.05, 3.63) is 108 Å². The van der Waals surface area contributed by atoms with Gasteiger partial charge in [-0.1, -0.05) is 29.3 Å². The van der Waals surface area contributed by atoms with Gasteiger partial charge in [0.2, 0.25) is 5.95 Å². The molecule has 0 spiro atoms. The molecule has 1 aliphatic heterocycles. The Hall–Kier alpha value is -3.66. The third-order valence-electron chi connectivity index (χ3n) is 6.97. The molecule has 1 unspecified atom stereocenters. The van der Waals surface area contributed by atoms with Crippen LogP contribution in [-0.4, -0.2) is 39.4 Å². The fourth-order valence-electron chi connectivity index (χ4n) is 4.77. The molecule has 3 heterocycles. The summed E-state index contributed by atoms with van der Waals surface area (Å²) >= 11 is 13.8. The molecule has 11 heteroatoms. The van der Waals surface area contributed by atoms with E-state index in [0.717, 1.165) is 4.88 Å². The first kappa shape index (κ1) is 27.9. The Balaban J connectivity index is 1.57. The molecule has 2 amide bonds. The summed E-state index contributed by atoms with van der Waals surface area (Å²) in [6, 6.07) is 15.2. The first-order valence-electron chi connectivity index (χ1n) is 12.7. The lowest BCUT2D eigenvalue weighted by Gasteiger charge is -2.35. The highest BCUT2D eigenvalue weighted by atomic mass is 35.5. The van der Waals surface area contributed by atoms with Gasteiger partial charge in [-0.2, -0.15) is 0 Å². The topological polar surface area (TPSA) is 96.3 Å². The van der Waals surface area contributed by atoms with E-state index in [9.17, 15) is 14.4 Å². The molecule has 0 bridgehead atoms. The fraction of sp³-hybridized carbons (Fsp3) is 0.241. The van der Waals surface area contributed by atoms with Crippen LogP contribution in [-0.2, 0) is 13.0 Å². The van der Waals surface area contributed by atoms with E-state index in [2.05, 4.69) is 10.6 Å². The maximum atomic E-state index is 14.0. The summed E-state index contributed by atoms with van der Waals surface area (Å²) in [7, 11) is 1.57. The minimum atomic E-state index is -0.253. The number of halogens is 2. The van der Waals surface area contributed by atoms with Gasteiger partial charge in [-0.15, -0.1) is 11.3 Å². The number of anilines is 1. The average molecular weight is 597 g/mol. The fourth-order valence-corrected chi connectivity index (χ4v) is 5.80. The SMILES string of the molecule is CNC(=O)c1ccc(-n2c(NC(C)c3cccs3)nc3c(c2=O)C[C@@H](C)N(C(=O)c2ccc(Cl)c(Cl)c2)C3)cc1. The number of aromatic nitrogens is 2. The molecule has 0 aliphatic carbocycles. The smallest absolute Gasteiger partial charge is 0.263 e. The van der Waals surface area contributed by atoms with Crippen LogP contribution in [0.3, 0.4) is 0 Å². The highest BCUT2D eigenvalue weighted by Gasteiger charge is 2.32. The predicted molar refractivity (Wildman–Crippen MR) is 159 cm³/mol. The van der Waals surface area contributed by atoms with E-state index >= 15 is 0 Å². The lowest BCUT2D eigenvalue weighted by Crippen LogP contribution is -2.46. The number of fused-ring (bicyclic) bond motifs is 1. The number of nitrogens with one attached hydrogen (secondary N) is 2. The molecule has 0 radical (unpaired) electrons. The van der Waals surface area contributed by atoms with Crippen molar-refractivity contribution in [2.24, 2.45) is 0 Å². The minimum absolute atomic E-state index is 0.127. The van der Waals surface area contributed by atoms with Crippen molar-refractivity contribution in [3.63, 3.8) is 0 Å². The van der Waals surface area contributed by atoms with Crippen molar-refractivity contribution in [1.82, 2.24) is 19.8 Å². The molecule has 2 aromatic carbocycles. The summed E-state index contributed by atoms with van der Waals surface area (Å²) in [6.07, 6.45) is 0.339. The summed E-state index contributed by atoms with van der Waals surface area (Å²) in [5, 5.41) is 8.67. The molecule has 206 valence electrons. The molecule has 2 atom stereocenters. The Morgan fingerprint density at radius 2 is 1.80 bits per heavy atom. The van der Waals surface area contributed by atoms with Gasteiger partial charge in [-0.3, -0.25) is 14.4 Å². The van der Waals surface area contributed by atoms with Crippen LogP contribution in [0, 0.1) is 0 Å². The molecule has 0 fully saturated rings. The predicted octanol–water partition coefficient (Wildman–Crippen LogP) is 5.72. The van der Waals surface area contributed by atoms with Gasteiger partial charge < -0.3 is 15.5 Å². The van der Waals surface area contributed by atoms with Crippen LogP contribution >= 0.6 is 34.5 Å². The maximum Gasteiger partial charge on any atom is 0.263 e. The summed E-state index contributed by atoms with van der Waals surface area (Å²) in [6.45, 7) is 4.08. The van der Waals surface area contributed by atoms with Gasteiger partial charge in [-0.25, -0.2) is 9.55 Å². The van der Waals surface area contributed by atoms with Gasteiger partial charge in [0.1, 0.15) is 0 Å². The van der Waals surface area contributed by atoms with Crippen molar-refractivity contribution in [1.29, 1.82) is 0 Å². The quantitative estimate of drug-likeness (QED) is 0.297. The number of hydrogen-bond acceptors (Lipinski definition) is 6. The number of amides is 2. The van der Waals surface area contributed by atoms with Gasteiger partial charge in [0.05, 0.1) is 34.0 Å². The number of benzene rings is 2. The van der Waals surface area contributed by atoms with Crippen molar-refractivity contribution in [3.8, 4) is 5.69 Å². The second-order valence-electron chi connectivity index (χ2n) is 9.62. The van der Waals surface area contributed by atoms with E-state index in [1.807, 2.05) is 31.4 Å². The summed E-state index contributed by atoms with van der Waals surface area (Å²) in [4.78, 5) is 47.2. The summed E-state index contributed by atoms with van der Waals surface area (Å²) in [5.41, 5.74) is 2.35. The largest absolute Gasteiger partial charge is 0.355 e. The molecule has 2 aromatic heterocycles. The zero-order valence-corrected chi connectivity index (χ0v) is 24.4. The number of carbonyl (C=O) groups is 2. The van der Waals surface area contributed by atoms with E-state index in [-0.39, 0.29) is 36.0 Å². The Labute approximate surface area is 245 Å². The number of rotatable bonds is 6. The lowest BCUT2D eigenvalue weighted by atomic mass is 9.98. The molecule has 0 saturated carbocycles. The van der Waals surface area contributed by atoms with Crippen molar-refractivity contribution < 1.29 is 9.59 Å². The molecule has 40 heavy (non-hydrogen) atoms. The van der Waals surface area contributed by atoms with Crippen LogP contribution in [0.15, 0.2) is 64.8 Å². The molecule has 8 nitrogen and oxygen atoms in total. The molecule has 1 aliphatic rings. The van der Waals surface area contributed by atoms with Gasteiger partial charge >= 0.3 is 0 Å². The number of nitrogens with zero attached hydrogens (tertiary/aromatic N) is 3. The first-order valence-corrected chi connectivity index (χ1v) is 14.3. The molecule has 4 aromatic rings. The normalized spacial score (nSPS) is 15.3. The monoisotopic (exact) mass is 595 g/mol. The zero-order valence-electron chi connectivity index (χ0n) is 22.1. The Morgan fingerprint density at radius 3 is 2.45 bits per heavy atom. The maximum absolute atomic E-state index is 14.0. The van der Waals surface area contributed by atoms with Crippen LogP contribution in [0.5, 0.6) is 0 Å². The second-order valence-corrected chi connectivity index (χ2v) is 11.4. The average Bonchev–Trinajstić information content (AvgIpc) is 3.50. The number of thiophene rings is 1. The van der Waals surface area contributed by atoms with Crippen LogP contribution in [0.2, 0.25) is 10.0 Å². The van der Waals surface area contributed by atoms with Crippen LogP contribution < -0.4 is 16.2 Å². The van der Waals surface area contributed by atoms with Gasteiger partial charge in [0, 0.05) is 34.7 Å². The summed E-state index contributed by atoms with van der Waals surface area (Å²) < 4.78 is 1.54. The van der Waals surface area contributed by atoms with Crippen molar-refractivity contribution >= 4 is 52.3 Å². The standard InChI is InChI=1S/C29H27Cl2N5O3S/c1-16-13-21-24(15-35(16)27(38)19-8-11-22(30)23(31)14-19)34-29(33-17(2)25-5-4-12-40-25)36(28(21)39)20-9-6-18(7-10-20)26(37)32-3/h4-12,14,16-17H,13,15H2,1-3H3,(H,32,37)(H,33,34)/t16-,17?/m1/s1. The van der Waals surface area contributed by atoms with Crippen molar-refractivity contribution in [2.75, 3.05) is 12.4 Å². The van der Waals surface area contributed by atoms with Crippen molar-refractivity contribution in [2.45, 2.75) is 38.9 Å². The third kappa shape index (κ3) is 5.37. The van der Waals surface area contributed by atoms with Crippen LogP contribution in [0.4, 0.5) is 5.95 Å². The highest BCUT2D eigenvalue weighted by molar-refractivity contribution is 7.10. The van der Waals surface area contributed by atoms with E-state index < -0.39 is 0 Å². The van der Waals surface area contributed by atoms with E-state index in [0.29, 0.717) is 50.5 Å².